The van der Waals surface area contributed by atoms with Crippen molar-refractivity contribution in [1.29, 1.82) is 0 Å². The lowest BCUT2D eigenvalue weighted by atomic mass is 9.69. The van der Waals surface area contributed by atoms with Gasteiger partial charge in [-0.2, -0.15) is 22.0 Å². The van der Waals surface area contributed by atoms with Crippen LogP contribution in [0.3, 0.4) is 0 Å². The number of rotatable bonds is 7. The Morgan fingerprint density at radius 1 is 0.848 bits per heavy atom. The second kappa shape index (κ2) is 10.7. The van der Waals surface area contributed by atoms with Gasteiger partial charge in [-0.05, 0) is 61.9 Å². The van der Waals surface area contributed by atoms with Crippen LogP contribution in [0.25, 0.3) is 6.08 Å². The van der Waals surface area contributed by atoms with Gasteiger partial charge in [0.25, 0.3) is 0 Å². The molecule has 0 N–H and O–H groups in total. The number of allylic oxidation sites excluding steroid dienone is 1. The summed E-state index contributed by atoms with van der Waals surface area (Å²) in [6.07, 6.45) is 0.162. The van der Waals surface area contributed by atoms with Crippen molar-refractivity contribution in [3.63, 3.8) is 0 Å². The SMILES string of the molecule is CC1CCC(C2CCC(CCC(F)(F)Oc3cc(F)c(/C=C/C(F)(F)F)c(F)c3)CC2)CC1. The normalized spacial score (nSPS) is 27.2. The molecule has 0 bridgehead atoms. The fourth-order valence-electron chi connectivity index (χ4n) is 5.26. The molecule has 0 radical (unpaired) electrons. The highest BCUT2D eigenvalue weighted by Crippen LogP contribution is 2.43. The van der Waals surface area contributed by atoms with E-state index >= 15 is 0 Å². The maximum Gasteiger partial charge on any atom is 0.409 e. The zero-order valence-electron chi connectivity index (χ0n) is 18.7. The van der Waals surface area contributed by atoms with Crippen LogP contribution < -0.4 is 4.74 Å². The standard InChI is InChI=1S/C25H31F7O/c1-16-2-6-18(7-3-16)19-8-4-17(5-9-19)10-13-25(31,32)33-20-14-22(26)21(23(27)15-20)11-12-24(28,29)30/h11-12,14-19H,2-10,13H2,1H3/b12-11+. The van der Waals surface area contributed by atoms with Gasteiger partial charge in [0.1, 0.15) is 17.4 Å². The molecule has 0 saturated heterocycles. The highest BCUT2D eigenvalue weighted by atomic mass is 19.4. The molecular weight excluding hydrogens is 449 g/mol. The maximum atomic E-state index is 14.3. The first kappa shape index (κ1) is 25.9. The average molecular weight is 481 g/mol. The van der Waals surface area contributed by atoms with E-state index in [9.17, 15) is 30.7 Å². The van der Waals surface area contributed by atoms with E-state index in [0.29, 0.717) is 18.1 Å². The molecule has 0 atom stereocenters. The first-order valence-corrected chi connectivity index (χ1v) is 11.7. The van der Waals surface area contributed by atoms with E-state index in [1.165, 1.54) is 25.7 Å². The Morgan fingerprint density at radius 2 is 1.36 bits per heavy atom. The molecule has 0 aliphatic heterocycles. The van der Waals surface area contributed by atoms with Crippen LogP contribution in [0.2, 0.25) is 0 Å². The lowest BCUT2D eigenvalue weighted by molar-refractivity contribution is -0.183. The predicted molar refractivity (Wildman–Crippen MR) is 113 cm³/mol. The molecule has 33 heavy (non-hydrogen) atoms. The molecule has 2 aliphatic carbocycles. The lowest BCUT2D eigenvalue weighted by Gasteiger charge is -2.37. The molecule has 0 amide bonds. The zero-order valence-corrected chi connectivity index (χ0v) is 18.7. The number of hydrogen-bond donors (Lipinski definition) is 0. The molecule has 2 saturated carbocycles. The zero-order chi connectivity index (χ0) is 24.2. The van der Waals surface area contributed by atoms with Crippen LogP contribution in [0.4, 0.5) is 30.7 Å². The fraction of sp³-hybridized carbons (Fsp3) is 0.680. The van der Waals surface area contributed by atoms with Crippen molar-refractivity contribution in [1.82, 2.24) is 0 Å². The second-order valence-corrected chi connectivity index (χ2v) is 9.75. The van der Waals surface area contributed by atoms with Crippen LogP contribution in [-0.2, 0) is 0 Å². The quantitative estimate of drug-likeness (QED) is 0.354. The molecule has 1 nitrogen and oxygen atoms in total. The molecule has 0 heterocycles. The van der Waals surface area contributed by atoms with Gasteiger partial charge in [0.15, 0.2) is 0 Å². The van der Waals surface area contributed by atoms with Gasteiger partial charge in [-0.3, -0.25) is 0 Å². The summed E-state index contributed by atoms with van der Waals surface area (Å²) in [7, 11) is 0. The summed E-state index contributed by atoms with van der Waals surface area (Å²) in [5.41, 5.74) is -0.966. The van der Waals surface area contributed by atoms with Gasteiger partial charge in [0.05, 0.1) is 6.42 Å². The van der Waals surface area contributed by atoms with Crippen LogP contribution in [0, 0.1) is 35.3 Å². The largest absolute Gasteiger partial charge is 0.432 e. The van der Waals surface area contributed by atoms with Crippen LogP contribution in [0.5, 0.6) is 5.75 Å². The molecule has 0 spiro atoms. The molecule has 2 aliphatic rings. The predicted octanol–water partition coefficient (Wildman–Crippen LogP) is 8.92. The smallest absolute Gasteiger partial charge is 0.409 e. The summed E-state index contributed by atoms with van der Waals surface area (Å²) in [5.74, 6) is -1.16. The topological polar surface area (TPSA) is 9.23 Å². The van der Waals surface area contributed by atoms with Gasteiger partial charge in [-0.25, -0.2) is 8.78 Å². The van der Waals surface area contributed by atoms with Crippen LogP contribution in [0.1, 0.15) is 76.7 Å². The monoisotopic (exact) mass is 480 g/mol. The minimum Gasteiger partial charge on any atom is -0.432 e. The third-order valence-electron chi connectivity index (χ3n) is 7.22. The Kier molecular flexibility index (Phi) is 8.38. The highest BCUT2D eigenvalue weighted by molar-refractivity contribution is 5.53. The van der Waals surface area contributed by atoms with E-state index in [-0.39, 0.29) is 24.5 Å². The summed E-state index contributed by atoms with van der Waals surface area (Å²) in [5, 5.41) is 0. The second-order valence-electron chi connectivity index (χ2n) is 9.75. The van der Waals surface area contributed by atoms with Crippen molar-refractivity contribution >= 4 is 6.08 Å². The van der Waals surface area contributed by atoms with Crippen molar-refractivity contribution in [2.24, 2.45) is 23.7 Å². The highest BCUT2D eigenvalue weighted by Gasteiger charge is 2.35. The number of hydrogen-bond acceptors (Lipinski definition) is 1. The van der Waals surface area contributed by atoms with Gasteiger partial charge >= 0.3 is 12.3 Å². The number of halogens is 7. The summed E-state index contributed by atoms with van der Waals surface area (Å²) in [4.78, 5) is 0. The van der Waals surface area contributed by atoms with E-state index in [1.807, 2.05) is 0 Å². The summed E-state index contributed by atoms with van der Waals surface area (Å²) >= 11 is 0. The Balaban J connectivity index is 1.49. The summed E-state index contributed by atoms with van der Waals surface area (Å²) in [6.45, 7) is 2.29. The van der Waals surface area contributed by atoms with E-state index in [4.69, 9.17) is 0 Å². The van der Waals surface area contributed by atoms with E-state index < -0.39 is 41.7 Å². The van der Waals surface area contributed by atoms with E-state index in [2.05, 4.69) is 11.7 Å². The van der Waals surface area contributed by atoms with E-state index in [0.717, 1.165) is 37.5 Å². The maximum absolute atomic E-state index is 14.3. The number of ether oxygens (including phenoxy) is 1. The molecule has 8 heteroatoms. The van der Waals surface area contributed by atoms with E-state index in [1.54, 1.807) is 0 Å². The molecule has 2 fully saturated rings. The molecule has 186 valence electrons. The first-order chi connectivity index (χ1) is 15.4. The van der Waals surface area contributed by atoms with Crippen molar-refractivity contribution in [3.8, 4) is 5.75 Å². The molecule has 0 unspecified atom stereocenters. The van der Waals surface area contributed by atoms with Crippen molar-refractivity contribution in [2.75, 3.05) is 0 Å². The Morgan fingerprint density at radius 3 is 1.88 bits per heavy atom. The summed E-state index contributed by atoms with van der Waals surface area (Å²) < 4.78 is 97.7. The molecular formula is C25H31F7O. The first-order valence-electron chi connectivity index (χ1n) is 11.7. The molecule has 1 aromatic carbocycles. The Hall–Kier alpha value is -1.73. The Bertz CT molecular complexity index is 778. The fourth-order valence-corrected chi connectivity index (χ4v) is 5.26. The minimum atomic E-state index is -4.75. The molecule has 3 rings (SSSR count). The third-order valence-corrected chi connectivity index (χ3v) is 7.22. The molecule has 1 aromatic rings. The van der Waals surface area contributed by atoms with Gasteiger partial charge in [0.2, 0.25) is 0 Å². The number of alkyl halides is 5. The van der Waals surface area contributed by atoms with Crippen molar-refractivity contribution in [3.05, 3.63) is 35.4 Å². The minimum absolute atomic E-state index is 0.168. The van der Waals surface area contributed by atoms with Crippen molar-refractivity contribution in [2.45, 2.75) is 83.4 Å². The van der Waals surface area contributed by atoms with Crippen LogP contribution >= 0.6 is 0 Å². The Labute approximate surface area is 190 Å². The summed E-state index contributed by atoms with van der Waals surface area (Å²) in [6, 6.07) is 0.951. The van der Waals surface area contributed by atoms with Gasteiger partial charge in [-0.15, -0.1) is 0 Å². The van der Waals surface area contributed by atoms with Gasteiger partial charge in [0, 0.05) is 23.8 Å². The average Bonchev–Trinajstić information content (AvgIpc) is 2.71. The molecule has 0 aromatic heterocycles. The van der Waals surface area contributed by atoms with Crippen LogP contribution in [-0.4, -0.2) is 12.3 Å². The van der Waals surface area contributed by atoms with Gasteiger partial charge in [-0.1, -0.05) is 32.6 Å². The lowest BCUT2D eigenvalue weighted by Crippen LogP contribution is -2.28. The van der Waals surface area contributed by atoms with Crippen molar-refractivity contribution < 1.29 is 35.5 Å². The number of benzene rings is 1. The third kappa shape index (κ3) is 7.92. The van der Waals surface area contributed by atoms with Gasteiger partial charge < -0.3 is 4.74 Å². The van der Waals surface area contributed by atoms with Crippen LogP contribution in [0.15, 0.2) is 18.2 Å².